The summed E-state index contributed by atoms with van der Waals surface area (Å²) in [5.41, 5.74) is 0.383. The van der Waals surface area contributed by atoms with Crippen LogP contribution in [0.4, 0.5) is 0 Å². The summed E-state index contributed by atoms with van der Waals surface area (Å²) in [4.78, 5) is 21.8. The molecule has 1 unspecified atom stereocenters. The summed E-state index contributed by atoms with van der Waals surface area (Å²) >= 11 is 0. The maximum Gasteiger partial charge on any atom is 0.341 e. The van der Waals surface area contributed by atoms with E-state index in [1.807, 2.05) is 6.92 Å². The number of aliphatic carboxylic acids is 1. The predicted octanol–water partition coefficient (Wildman–Crippen LogP) is 1.49. The Morgan fingerprint density at radius 3 is 2.88 bits per heavy atom. The van der Waals surface area contributed by atoms with E-state index in [4.69, 9.17) is 9.84 Å². The second-order valence-corrected chi connectivity index (χ2v) is 3.71. The number of aromatic nitrogens is 2. The molecule has 17 heavy (non-hydrogen) atoms. The van der Waals surface area contributed by atoms with Crippen molar-refractivity contribution in [2.45, 2.75) is 32.7 Å². The SMILES string of the molecule is CCOC(=O)c1cnn(C(C)CCC(=O)O)c1. The zero-order valence-corrected chi connectivity index (χ0v) is 9.92. The van der Waals surface area contributed by atoms with Crippen molar-refractivity contribution in [3.8, 4) is 0 Å². The minimum atomic E-state index is -0.838. The number of carbonyl (C=O) groups is 2. The Morgan fingerprint density at radius 1 is 1.59 bits per heavy atom. The molecule has 0 fully saturated rings. The molecule has 0 bridgehead atoms. The minimum absolute atomic E-state index is 0.0609. The zero-order chi connectivity index (χ0) is 12.8. The van der Waals surface area contributed by atoms with Crippen LogP contribution in [-0.4, -0.2) is 33.4 Å². The van der Waals surface area contributed by atoms with Crippen molar-refractivity contribution in [3.05, 3.63) is 18.0 Å². The van der Waals surface area contributed by atoms with Crippen molar-refractivity contribution in [2.24, 2.45) is 0 Å². The van der Waals surface area contributed by atoms with E-state index in [2.05, 4.69) is 5.10 Å². The molecule has 1 aromatic rings. The summed E-state index contributed by atoms with van der Waals surface area (Å²) in [6, 6.07) is -0.0609. The van der Waals surface area contributed by atoms with Crippen LogP contribution in [0.2, 0.25) is 0 Å². The van der Waals surface area contributed by atoms with Gasteiger partial charge < -0.3 is 9.84 Å². The van der Waals surface area contributed by atoms with Crippen LogP contribution in [0, 0.1) is 0 Å². The summed E-state index contributed by atoms with van der Waals surface area (Å²) in [6.45, 7) is 3.90. The van der Waals surface area contributed by atoms with Crippen LogP contribution in [0.15, 0.2) is 12.4 Å². The Balaban J connectivity index is 2.60. The van der Waals surface area contributed by atoms with Crippen molar-refractivity contribution in [2.75, 3.05) is 6.61 Å². The van der Waals surface area contributed by atoms with Gasteiger partial charge in [-0.3, -0.25) is 9.48 Å². The van der Waals surface area contributed by atoms with Gasteiger partial charge in [0.15, 0.2) is 0 Å². The fourth-order valence-corrected chi connectivity index (χ4v) is 1.36. The van der Waals surface area contributed by atoms with E-state index in [0.717, 1.165) is 0 Å². The molecule has 0 aliphatic carbocycles. The molecule has 0 saturated heterocycles. The number of carboxylic acid groups (broad SMARTS) is 1. The average Bonchev–Trinajstić information content (AvgIpc) is 2.75. The van der Waals surface area contributed by atoms with E-state index < -0.39 is 11.9 Å². The van der Waals surface area contributed by atoms with Crippen LogP contribution in [0.3, 0.4) is 0 Å². The van der Waals surface area contributed by atoms with Gasteiger partial charge in [0.05, 0.1) is 18.4 Å². The predicted molar refractivity (Wildman–Crippen MR) is 59.8 cm³/mol. The Bertz CT molecular complexity index is 400. The Labute approximate surface area is 99.2 Å². The highest BCUT2D eigenvalue weighted by atomic mass is 16.5. The number of hydrogen-bond donors (Lipinski definition) is 1. The smallest absolute Gasteiger partial charge is 0.341 e. The lowest BCUT2D eigenvalue weighted by Gasteiger charge is -2.09. The van der Waals surface area contributed by atoms with Crippen LogP contribution < -0.4 is 0 Å². The third-order valence-electron chi connectivity index (χ3n) is 2.34. The van der Waals surface area contributed by atoms with Crippen LogP contribution in [-0.2, 0) is 9.53 Å². The molecule has 1 aromatic heterocycles. The van der Waals surface area contributed by atoms with E-state index in [0.29, 0.717) is 18.6 Å². The largest absolute Gasteiger partial charge is 0.481 e. The molecule has 0 saturated carbocycles. The fraction of sp³-hybridized carbons (Fsp3) is 0.545. The topological polar surface area (TPSA) is 81.4 Å². The van der Waals surface area contributed by atoms with Gasteiger partial charge in [0.25, 0.3) is 0 Å². The second-order valence-electron chi connectivity index (χ2n) is 3.71. The molecule has 0 amide bonds. The first-order valence-corrected chi connectivity index (χ1v) is 5.47. The second kappa shape index (κ2) is 6.03. The van der Waals surface area contributed by atoms with E-state index in [1.54, 1.807) is 17.8 Å². The van der Waals surface area contributed by atoms with Gasteiger partial charge in [-0.2, -0.15) is 5.10 Å². The molecule has 6 heteroatoms. The Kier molecular flexibility index (Phi) is 4.68. The summed E-state index contributed by atoms with van der Waals surface area (Å²) in [6.07, 6.45) is 3.55. The first-order valence-electron chi connectivity index (χ1n) is 5.47. The summed E-state index contributed by atoms with van der Waals surface area (Å²) < 4.78 is 6.41. The van der Waals surface area contributed by atoms with Gasteiger partial charge in [-0.1, -0.05) is 0 Å². The van der Waals surface area contributed by atoms with Crippen molar-refractivity contribution in [3.63, 3.8) is 0 Å². The van der Waals surface area contributed by atoms with E-state index >= 15 is 0 Å². The number of esters is 1. The molecule has 1 N–H and O–H groups in total. The molecule has 0 aliphatic heterocycles. The zero-order valence-electron chi connectivity index (χ0n) is 9.92. The maximum atomic E-state index is 11.4. The third kappa shape index (κ3) is 3.90. The van der Waals surface area contributed by atoms with Gasteiger partial charge in [0.2, 0.25) is 0 Å². The molecule has 1 rings (SSSR count). The van der Waals surface area contributed by atoms with Crippen LogP contribution in [0.5, 0.6) is 0 Å². The number of carbonyl (C=O) groups excluding carboxylic acids is 1. The van der Waals surface area contributed by atoms with Gasteiger partial charge in [-0.15, -0.1) is 0 Å². The van der Waals surface area contributed by atoms with E-state index in [-0.39, 0.29) is 12.5 Å². The highest BCUT2D eigenvalue weighted by Crippen LogP contribution is 2.13. The van der Waals surface area contributed by atoms with Gasteiger partial charge in [0.1, 0.15) is 0 Å². The number of ether oxygens (including phenoxy) is 1. The van der Waals surface area contributed by atoms with Crippen molar-refractivity contribution in [1.82, 2.24) is 9.78 Å². The molecule has 0 spiro atoms. The average molecular weight is 240 g/mol. The highest BCUT2D eigenvalue weighted by Gasteiger charge is 2.13. The van der Waals surface area contributed by atoms with Crippen LogP contribution in [0.25, 0.3) is 0 Å². The number of rotatable bonds is 6. The monoisotopic (exact) mass is 240 g/mol. The first kappa shape index (κ1) is 13.2. The normalized spacial score (nSPS) is 12.1. The first-order chi connectivity index (χ1) is 8.04. The summed E-state index contributed by atoms with van der Waals surface area (Å²) in [7, 11) is 0. The number of hydrogen-bond acceptors (Lipinski definition) is 4. The minimum Gasteiger partial charge on any atom is -0.481 e. The van der Waals surface area contributed by atoms with Gasteiger partial charge in [-0.25, -0.2) is 4.79 Å². The maximum absolute atomic E-state index is 11.4. The molecule has 0 aromatic carbocycles. The molecule has 1 atom stereocenters. The summed E-state index contributed by atoms with van der Waals surface area (Å²) in [5, 5.41) is 12.6. The number of nitrogens with zero attached hydrogens (tertiary/aromatic N) is 2. The molecule has 0 radical (unpaired) electrons. The van der Waals surface area contributed by atoms with Crippen LogP contribution in [0.1, 0.15) is 43.1 Å². The van der Waals surface area contributed by atoms with Gasteiger partial charge in [-0.05, 0) is 20.3 Å². The Hall–Kier alpha value is -1.85. The molecule has 94 valence electrons. The Morgan fingerprint density at radius 2 is 2.29 bits per heavy atom. The standard InChI is InChI=1S/C11H16N2O4/c1-3-17-11(16)9-6-12-13(7-9)8(2)4-5-10(14)15/h6-8H,3-5H2,1-2H3,(H,14,15). The molecular weight excluding hydrogens is 224 g/mol. The lowest BCUT2D eigenvalue weighted by Crippen LogP contribution is -2.08. The molecular formula is C11H16N2O4. The van der Waals surface area contributed by atoms with E-state index in [1.165, 1.54) is 6.20 Å². The summed E-state index contributed by atoms with van der Waals surface area (Å²) in [5.74, 6) is -1.25. The lowest BCUT2D eigenvalue weighted by atomic mass is 10.2. The fourth-order valence-electron chi connectivity index (χ4n) is 1.36. The van der Waals surface area contributed by atoms with Crippen molar-refractivity contribution >= 4 is 11.9 Å². The van der Waals surface area contributed by atoms with Gasteiger partial charge in [0, 0.05) is 18.7 Å². The molecule has 1 heterocycles. The quantitative estimate of drug-likeness (QED) is 0.762. The molecule has 0 aliphatic rings. The third-order valence-corrected chi connectivity index (χ3v) is 2.34. The lowest BCUT2D eigenvalue weighted by molar-refractivity contribution is -0.137. The number of carboxylic acids is 1. The van der Waals surface area contributed by atoms with Gasteiger partial charge >= 0.3 is 11.9 Å². The van der Waals surface area contributed by atoms with Crippen molar-refractivity contribution < 1.29 is 19.4 Å². The molecule has 6 nitrogen and oxygen atoms in total. The van der Waals surface area contributed by atoms with Crippen molar-refractivity contribution in [1.29, 1.82) is 0 Å². The van der Waals surface area contributed by atoms with E-state index in [9.17, 15) is 9.59 Å². The van der Waals surface area contributed by atoms with Crippen LogP contribution >= 0.6 is 0 Å². The highest BCUT2D eigenvalue weighted by molar-refractivity contribution is 5.88.